The Balaban J connectivity index is 2.98. The predicted molar refractivity (Wildman–Crippen MR) is 76.2 cm³/mol. The third-order valence-electron chi connectivity index (χ3n) is 2.73. The van der Waals surface area contributed by atoms with Crippen LogP contribution in [0.5, 0.6) is 5.75 Å². The molecule has 0 saturated heterocycles. The van der Waals surface area contributed by atoms with Gasteiger partial charge in [-0.3, -0.25) is 4.79 Å². The second-order valence-electron chi connectivity index (χ2n) is 4.32. The maximum atomic E-state index is 12.2. The van der Waals surface area contributed by atoms with E-state index in [1.807, 2.05) is 6.92 Å². The summed E-state index contributed by atoms with van der Waals surface area (Å²) < 4.78 is 32.0. The predicted octanol–water partition coefficient (Wildman–Crippen LogP) is 0.807. The van der Waals surface area contributed by atoms with Crippen molar-refractivity contribution < 1.29 is 17.9 Å². The van der Waals surface area contributed by atoms with Crippen LogP contribution in [0.15, 0.2) is 23.1 Å². The van der Waals surface area contributed by atoms with Crippen molar-refractivity contribution in [2.24, 2.45) is 0 Å². The summed E-state index contributed by atoms with van der Waals surface area (Å²) in [5.41, 5.74) is 0.724. The van der Waals surface area contributed by atoms with Gasteiger partial charge >= 0.3 is 0 Å². The van der Waals surface area contributed by atoms with Crippen molar-refractivity contribution in [1.82, 2.24) is 10.0 Å². The number of rotatable bonds is 6. The molecule has 0 saturated carbocycles. The zero-order valence-corrected chi connectivity index (χ0v) is 12.9. The first-order valence-corrected chi connectivity index (χ1v) is 7.77. The summed E-state index contributed by atoms with van der Waals surface area (Å²) in [6.07, 6.45) is 0. The third-order valence-corrected chi connectivity index (χ3v) is 4.27. The smallest absolute Gasteiger partial charge is 0.241 e. The van der Waals surface area contributed by atoms with E-state index in [-0.39, 0.29) is 4.90 Å². The molecular formula is C13H20N2O4S. The number of nitrogens with one attached hydrogen (secondary N) is 2. The topological polar surface area (TPSA) is 84.5 Å². The maximum Gasteiger partial charge on any atom is 0.241 e. The van der Waals surface area contributed by atoms with Crippen LogP contribution in [0, 0.1) is 6.92 Å². The van der Waals surface area contributed by atoms with Crippen molar-refractivity contribution >= 4 is 15.9 Å². The fraction of sp³-hybridized carbons (Fsp3) is 0.462. The van der Waals surface area contributed by atoms with Gasteiger partial charge in [-0.05, 0) is 44.5 Å². The Labute approximate surface area is 119 Å². The van der Waals surface area contributed by atoms with Gasteiger partial charge in [-0.2, -0.15) is 4.72 Å². The van der Waals surface area contributed by atoms with Gasteiger partial charge in [0, 0.05) is 7.05 Å². The lowest BCUT2D eigenvalue weighted by molar-refractivity contribution is -0.121. The fourth-order valence-electron chi connectivity index (χ4n) is 1.68. The highest BCUT2D eigenvalue weighted by molar-refractivity contribution is 7.89. The van der Waals surface area contributed by atoms with E-state index in [0.29, 0.717) is 12.4 Å². The van der Waals surface area contributed by atoms with Crippen molar-refractivity contribution in [3.05, 3.63) is 23.8 Å². The number of aryl methyl sites for hydroxylation is 1. The van der Waals surface area contributed by atoms with Crippen LogP contribution in [0.4, 0.5) is 0 Å². The molecule has 1 unspecified atom stereocenters. The molecule has 0 bridgehead atoms. The zero-order valence-electron chi connectivity index (χ0n) is 12.1. The zero-order chi connectivity index (χ0) is 15.3. The number of ether oxygens (including phenoxy) is 1. The molecule has 0 aliphatic rings. The van der Waals surface area contributed by atoms with E-state index in [1.165, 1.54) is 26.1 Å². The van der Waals surface area contributed by atoms with E-state index in [0.717, 1.165) is 5.56 Å². The van der Waals surface area contributed by atoms with Gasteiger partial charge in [0.15, 0.2) is 0 Å². The van der Waals surface area contributed by atoms with Crippen molar-refractivity contribution in [1.29, 1.82) is 0 Å². The first kappa shape index (κ1) is 16.5. The number of amides is 1. The highest BCUT2D eigenvalue weighted by atomic mass is 32.2. The van der Waals surface area contributed by atoms with Crippen LogP contribution in [0.3, 0.4) is 0 Å². The van der Waals surface area contributed by atoms with E-state index >= 15 is 0 Å². The van der Waals surface area contributed by atoms with Crippen molar-refractivity contribution in [2.45, 2.75) is 31.7 Å². The molecule has 1 amide bonds. The van der Waals surface area contributed by atoms with Crippen LogP contribution in [-0.4, -0.2) is 34.0 Å². The van der Waals surface area contributed by atoms with Gasteiger partial charge in [0.1, 0.15) is 5.75 Å². The number of sulfonamides is 1. The van der Waals surface area contributed by atoms with Crippen molar-refractivity contribution in [3.8, 4) is 5.75 Å². The molecule has 0 spiro atoms. The van der Waals surface area contributed by atoms with Gasteiger partial charge in [-0.15, -0.1) is 0 Å². The van der Waals surface area contributed by atoms with E-state index in [4.69, 9.17) is 4.74 Å². The lowest BCUT2D eigenvalue weighted by atomic mass is 10.2. The molecule has 7 heteroatoms. The molecular weight excluding hydrogens is 280 g/mol. The lowest BCUT2D eigenvalue weighted by Crippen LogP contribution is -2.43. The quantitative estimate of drug-likeness (QED) is 0.814. The van der Waals surface area contributed by atoms with Crippen LogP contribution in [0.25, 0.3) is 0 Å². The van der Waals surface area contributed by atoms with Crippen molar-refractivity contribution in [2.75, 3.05) is 13.7 Å². The molecule has 0 aromatic heterocycles. The average molecular weight is 300 g/mol. The minimum atomic E-state index is -3.74. The van der Waals surface area contributed by atoms with Gasteiger partial charge in [0.2, 0.25) is 15.9 Å². The Morgan fingerprint density at radius 3 is 2.55 bits per heavy atom. The highest BCUT2D eigenvalue weighted by Gasteiger charge is 2.21. The van der Waals surface area contributed by atoms with Crippen LogP contribution in [-0.2, 0) is 14.8 Å². The van der Waals surface area contributed by atoms with E-state index < -0.39 is 22.0 Å². The molecule has 112 valence electrons. The van der Waals surface area contributed by atoms with Crippen molar-refractivity contribution in [3.63, 3.8) is 0 Å². The summed E-state index contributed by atoms with van der Waals surface area (Å²) in [7, 11) is -2.28. The Morgan fingerprint density at radius 2 is 2.05 bits per heavy atom. The summed E-state index contributed by atoms with van der Waals surface area (Å²) in [5, 5.41) is 2.39. The normalized spacial score (nSPS) is 12.8. The second kappa shape index (κ2) is 6.71. The molecule has 0 aliphatic carbocycles. The summed E-state index contributed by atoms with van der Waals surface area (Å²) in [6, 6.07) is 3.75. The highest BCUT2D eigenvalue weighted by Crippen LogP contribution is 2.21. The second-order valence-corrected chi connectivity index (χ2v) is 6.03. The van der Waals surface area contributed by atoms with Crippen LogP contribution in [0.2, 0.25) is 0 Å². The molecule has 1 aromatic carbocycles. The molecule has 1 atom stereocenters. The molecule has 0 aliphatic heterocycles. The molecule has 0 radical (unpaired) electrons. The minimum Gasteiger partial charge on any atom is -0.494 e. The van der Waals surface area contributed by atoms with Gasteiger partial charge in [-0.25, -0.2) is 8.42 Å². The molecule has 1 rings (SSSR count). The number of carbonyl (C=O) groups is 1. The molecule has 2 N–H and O–H groups in total. The summed E-state index contributed by atoms with van der Waals surface area (Å²) >= 11 is 0. The number of likely N-dealkylation sites (N-methyl/N-ethyl adjacent to an activating group) is 1. The first-order valence-electron chi connectivity index (χ1n) is 6.29. The minimum absolute atomic E-state index is 0.106. The largest absolute Gasteiger partial charge is 0.494 e. The van der Waals surface area contributed by atoms with Crippen LogP contribution >= 0.6 is 0 Å². The Morgan fingerprint density at radius 1 is 1.40 bits per heavy atom. The number of hydrogen-bond acceptors (Lipinski definition) is 4. The molecule has 0 heterocycles. The first-order chi connectivity index (χ1) is 9.31. The number of benzene rings is 1. The molecule has 0 fully saturated rings. The Kier molecular flexibility index (Phi) is 5.52. The van der Waals surface area contributed by atoms with E-state index in [2.05, 4.69) is 10.0 Å². The van der Waals surface area contributed by atoms with Gasteiger partial charge in [0.25, 0.3) is 0 Å². The number of carbonyl (C=O) groups excluding carboxylic acids is 1. The van der Waals surface area contributed by atoms with Gasteiger partial charge in [0.05, 0.1) is 17.5 Å². The van der Waals surface area contributed by atoms with E-state index in [9.17, 15) is 13.2 Å². The summed E-state index contributed by atoms with van der Waals surface area (Å²) in [4.78, 5) is 11.5. The SMILES string of the molecule is CCOc1ccc(S(=O)(=O)NC(C)C(=O)NC)cc1C. The fourth-order valence-corrected chi connectivity index (χ4v) is 2.96. The molecule has 6 nitrogen and oxygen atoms in total. The Hall–Kier alpha value is -1.60. The third kappa shape index (κ3) is 3.94. The van der Waals surface area contributed by atoms with Crippen LogP contribution in [0.1, 0.15) is 19.4 Å². The summed E-state index contributed by atoms with van der Waals surface area (Å²) in [5.74, 6) is 0.252. The standard InChI is InChI=1S/C13H20N2O4S/c1-5-19-12-7-6-11(8-9(12)2)20(17,18)15-10(3)13(16)14-4/h6-8,10,15H,5H2,1-4H3,(H,14,16). The summed E-state index contributed by atoms with van der Waals surface area (Å²) in [6.45, 7) is 5.62. The van der Waals surface area contributed by atoms with Gasteiger partial charge < -0.3 is 10.1 Å². The number of hydrogen-bond donors (Lipinski definition) is 2. The average Bonchev–Trinajstić information content (AvgIpc) is 2.39. The molecule has 1 aromatic rings. The maximum absolute atomic E-state index is 12.2. The Bertz CT molecular complexity index is 584. The lowest BCUT2D eigenvalue weighted by Gasteiger charge is -2.14. The molecule has 20 heavy (non-hydrogen) atoms. The van der Waals surface area contributed by atoms with E-state index in [1.54, 1.807) is 13.0 Å². The monoisotopic (exact) mass is 300 g/mol. The van der Waals surface area contributed by atoms with Crippen LogP contribution < -0.4 is 14.8 Å². The van der Waals surface area contributed by atoms with Gasteiger partial charge in [-0.1, -0.05) is 0 Å².